The van der Waals surface area contributed by atoms with Gasteiger partial charge in [0.2, 0.25) is 0 Å². The third-order valence-electron chi connectivity index (χ3n) is 4.76. The standard InChI is InChI=1S/C20H14F9N5O4S/c1-10(16-31-9-32-34(16)15-3-2-13(7-30-15)38-8-18(21,22)23)33-17(35)11-4-12(19(24,25)26)6-14(5-11)39(36,37)20(27,28)29/h2-7,9-10H,8H2,1H3,(H,33,35). The van der Waals surface area contributed by atoms with Crippen LogP contribution in [0.15, 0.2) is 47.8 Å². The lowest BCUT2D eigenvalue weighted by molar-refractivity contribution is -0.153. The van der Waals surface area contributed by atoms with Crippen LogP contribution in [0.4, 0.5) is 39.5 Å². The quantitative estimate of drug-likeness (QED) is 0.405. The van der Waals surface area contributed by atoms with Crippen molar-refractivity contribution in [3.63, 3.8) is 0 Å². The lowest BCUT2D eigenvalue weighted by Crippen LogP contribution is -2.30. The average molecular weight is 591 g/mol. The molecule has 1 amide bonds. The number of hydrogen-bond donors (Lipinski definition) is 1. The Kier molecular flexibility index (Phi) is 7.86. The molecule has 0 bridgehead atoms. The van der Waals surface area contributed by atoms with Crippen molar-refractivity contribution in [1.29, 1.82) is 0 Å². The number of carbonyl (C=O) groups is 1. The Morgan fingerprint density at radius 1 is 1.03 bits per heavy atom. The molecule has 1 atom stereocenters. The van der Waals surface area contributed by atoms with Gasteiger partial charge in [0, 0.05) is 5.56 Å². The number of alkyl halides is 9. The summed E-state index contributed by atoms with van der Waals surface area (Å²) in [6.45, 7) is -0.312. The Balaban J connectivity index is 1.88. The van der Waals surface area contributed by atoms with E-state index in [1.165, 1.54) is 13.0 Å². The first-order chi connectivity index (χ1) is 17.8. The summed E-state index contributed by atoms with van der Waals surface area (Å²) >= 11 is 0. The topological polar surface area (TPSA) is 116 Å². The fourth-order valence-electron chi connectivity index (χ4n) is 3.00. The molecule has 0 radical (unpaired) electrons. The third-order valence-corrected chi connectivity index (χ3v) is 6.23. The first kappa shape index (κ1) is 29.7. The van der Waals surface area contributed by atoms with Crippen molar-refractivity contribution >= 4 is 15.7 Å². The summed E-state index contributed by atoms with van der Waals surface area (Å²) in [7, 11) is -6.23. The van der Waals surface area contributed by atoms with E-state index in [2.05, 4.69) is 25.1 Å². The van der Waals surface area contributed by atoms with Crippen molar-refractivity contribution in [2.45, 2.75) is 35.7 Å². The molecule has 0 saturated carbocycles. The normalized spacial score (nSPS) is 13.7. The van der Waals surface area contributed by atoms with Gasteiger partial charge < -0.3 is 10.1 Å². The highest BCUT2D eigenvalue weighted by Gasteiger charge is 2.48. The van der Waals surface area contributed by atoms with E-state index >= 15 is 0 Å². The Morgan fingerprint density at radius 3 is 2.23 bits per heavy atom. The highest BCUT2D eigenvalue weighted by molar-refractivity contribution is 7.92. The smallest absolute Gasteiger partial charge is 0.483 e. The van der Waals surface area contributed by atoms with E-state index in [1.807, 2.05) is 0 Å². The SMILES string of the molecule is CC(NC(=O)c1cc(C(F)(F)F)cc(S(=O)(=O)C(F)(F)F)c1)c1ncnn1-c1ccc(OCC(F)(F)F)cn1. The molecule has 0 aliphatic carbocycles. The van der Waals surface area contributed by atoms with Crippen LogP contribution in [-0.4, -0.2) is 52.4 Å². The number of sulfone groups is 1. The van der Waals surface area contributed by atoms with Crippen LogP contribution in [0.1, 0.15) is 34.7 Å². The summed E-state index contributed by atoms with van der Waals surface area (Å²) < 4.78 is 144. The molecule has 1 aromatic carbocycles. The van der Waals surface area contributed by atoms with E-state index in [0.717, 1.165) is 23.3 Å². The molecule has 1 N–H and O–H groups in total. The van der Waals surface area contributed by atoms with E-state index in [4.69, 9.17) is 0 Å². The van der Waals surface area contributed by atoms with E-state index in [0.29, 0.717) is 0 Å². The Bertz CT molecular complexity index is 1450. The molecular formula is C20H14F9N5O4S. The lowest BCUT2D eigenvalue weighted by atomic mass is 10.1. The lowest BCUT2D eigenvalue weighted by Gasteiger charge is -2.17. The first-order valence-electron chi connectivity index (χ1n) is 10.2. The largest absolute Gasteiger partial charge is 0.501 e. The molecule has 0 saturated heterocycles. The second kappa shape index (κ2) is 10.3. The molecule has 2 aromatic heterocycles. The summed E-state index contributed by atoms with van der Waals surface area (Å²) in [5.41, 5.74) is -8.80. The van der Waals surface area contributed by atoms with Gasteiger partial charge in [-0.25, -0.2) is 18.4 Å². The highest BCUT2D eigenvalue weighted by Crippen LogP contribution is 2.36. The van der Waals surface area contributed by atoms with E-state index < -0.39 is 62.3 Å². The maximum atomic E-state index is 13.3. The second-order valence-electron chi connectivity index (χ2n) is 7.67. The van der Waals surface area contributed by atoms with Crippen LogP contribution in [0.3, 0.4) is 0 Å². The molecule has 0 aliphatic heterocycles. The van der Waals surface area contributed by atoms with Crippen molar-refractivity contribution in [2.24, 2.45) is 0 Å². The van der Waals surface area contributed by atoms with Crippen molar-refractivity contribution in [1.82, 2.24) is 25.1 Å². The minimum Gasteiger partial charge on any atom is -0.483 e. The zero-order valence-corrected chi connectivity index (χ0v) is 19.9. The Morgan fingerprint density at radius 2 is 1.69 bits per heavy atom. The highest BCUT2D eigenvalue weighted by atomic mass is 32.2. The molecule has 19 heteroatoms. The molecule has 1 unspecified atom stereocenters. The van der Waals surface area contributed by atoms with E-state index in [1.54, 1.807) is 0 Å². The fraction of sp³-hybridized carbons (Fsp3) is 0.300. The molecule has 0 aliphatic rings. The zero-order valence-electron chi connectivity index (χ0n) is 19.1. The maximum absolute atomic E-state index is 13.3. The molecule has 9 nitrogen and oxygen atoms in total. The Hall–Kier alpha value is -3.90. The van der Waals surface area contributed by atoms with Crippen LogP contribution in [0, 0.1) is 0 Å². The molecule has 0 fully saturated rings. The van der Waals surface area contributed by atoms with Crippen molar-refractivity contribution < 1.29 is 57.5 Å². The summed E-state index contributed by atoms with van der Waals surface area (Å²) in [6, 6.07) is 1.18. The monoisotopic (exact) mass is 591 g/mol. The molecule has 3 aromatic rings. The van der Waals surface area contributed by atoms with Crippen LogP contribution in [0.2, 0.25) is 0 Å². The Labute approximate surface area is 212 Å². The molecule has 212 valence electrons. The molecule has 39 heavy (non-hydrogen) atoms. The first-order valence-corrected chi connectivity index (χ1v) is 11.7. The maximum Gasteiger partial charge on any atom is 0.501 e. The van der Waals surface area contributed by atoms with Crippen LogP contribution >= 0.6 is 0 Å². The number of hydrogen-bond acceptors (Lipinski definition) is 7. The van der Waals surface area contributed by atoms with Gasteiger partial charge in [0.15, 0.2) is 18.2 Å². The summed E-state index contributed by atoms with van der Waals surface area (Å²) in [5, 5.41) is 6.01. The van der Waals surface area contributed by atoms with Gasteiger partial charge in [0.25, 0.3) is 15.7 Å². The van der Waals surface area contributed by atoms with Gasteiger partial charge in [-0.05, 0) is 37.3 Å². The summed E-state index contributed by atoms with van der Waals surface area (Å²) in [5.74, 6) is -1.76. The third kappa shape index (κ3) is 6.95. The number of aromatic nitrogens is 4. The van der Waals surface area contributed by atoms with E-state index in [-0.39, 0.29) is 35.6 Å². The fourth-order valence-corrected chi connectivity index (χ4v) is 3.83. The molecule has 0 spiro atoms. The number of ether oxygens (including phenoxy) is 1. The molecule has 3 rings (SSSR count). The molecular weight excluding hydrogens is 577 g/mol. The van der Waals surface area contributed by atoms with E-state index in [9.17, 15) is 52.7 Å². The van der Waals surface area contributed by atoms with Crippen molar-refractivity contribution in [2.75, 3.05) is 6.61 Å². The van der Waals surface area contributed by atoms with Crippen molar-refractivity contribution in [3.8, 4) is 11.6 Å². The number of nitrogens with zero attached hydrogens (tertiary/aromatic N) is 4. The minimum absolute atomic E-state index is 0.0272. The van der Waals surface area contributed by atoms with Gasteiger partial charge in [-0.3, -0.25) is 4.79 Å². The van der Waals surface area contributed by atoms with Gasteiger partial charge in [-0.1, -0.05) is 0 Å². The van der Waals surface area contributed by atoms with Crippen LogP contribution in [0.25, 0.3) is 5.82 Å². The van der Waals surface area contributed by atoms with Gasteiger partial charge in [-0.2, -0.15) is 49.3 Å². The summed E-state index contributed by atoms with van der Waals surface area (Å²) in [4.78, 5) is 18.6. The van der Waals surface area contributed by atoms with Crippen LogP contribution < -0.4 is 10.1 Å². The number of rotatable bonds is 7. The van der Waals surface area contributed by atoms with Gasteiger partial charge in [0.1, 0.15) is 12.1 Å². The minimum atomic E-state index is -6.23. The predicted octanol–water partition coefficient (Wildman–Crippen LogP) is 4.41. The van der Waals surface area contributed by atoms with Crippen LogP contribution in [0.5, 0.6) is 5.75 Å². The zero-order chi connectivity index (χ0) is 29.4. The number of pyridine rings is 1. The summed E-state index contributed by atoms with van der Waals surface area (Å²) in [6.07, 6.45) is -7.98. The van der Waals surface area contributed by atoms with Crippen LogP contribution in [-0.2, 0) is 16.0 Å². The van der Waals surface area contributed by atoms with Gasteiger partial charge in [0.05, 0.1) is 22.7 Å². The average Bonchev–Trinajstić information content (AvgIpc) is 3.31. The van der Waals surface area contributed by atoms with Gasteiger partial charge >= 0.3 is 17.9 Å². The molecule has 2 heterocycles. The van der Waals surface area contributed by atoms with Gasteiger partial charge in [-0.15, -0.1) is 0 Å². The predicted molar refractivity (Wildman–Crippen MR) is 111 cm³/mol. The number of nitrogens with one attached hydrogen (secondary N) is 1. The number of halogens is 9. The van der Waals surface area contributed by atoms with Crippen molar-refractivity contribution in [3.05, 3.63) is 59.8 Å². The number of carbonyl (C=O) groups excluding carboxylic acids is 1. The number of benzene rings is 1. The second-order valence-corrected chi connectivity index (χ2v) is 9.62. The number of amides is 1.